The largest absolute Gasteiger partial charge is 0.448 e. The van der Waals surface area contributed by atoms with Crippen molar-refractivity contribution in [1.29, 1.82) is 0 Å². The zero-order chi connectivity index (χ0) is 23.7. The van der Waals surface area contributed by atoms with Crippen LogP contribution in [0.15, 0.2) is 79.0 Å². The number of anilines is 3. The number of hydrogen-bond donors (Lipinski definition) is 3. The zero-order valence-electron chi connectivity index (χ0n) is 18.5. The van der Waals surface area contributed by atoms with Crippen molar-refractivity contribution in [2.75, 3.05) is 23.0 Å². The summed E-state index contributed by atoms with van der Waals surface area (Å²) in [5, 5.41) is 5.48. The van der Waals surface area contributed by atoms with Crippen LogP contribution < -0.4 is 16.4 Å². The third-order valence-electron chi connectivity index (χ3n) is 5.83. The number of ether oxygens (including phenoxy) is 1. The maximum Gasteiger partial charge on any atom is 0.411 e. The SMILES string of the molecule is Cn1cc(N)nc1C(=O)Nc1ccc(NC(=O)OCC2c3ccccc3-c3ccccc32)cc1. The predicted octanol–water partition coefficient (Wildman–Crippen LogP) is 4.62. The maximum absolute atomic E-state index is 12.5. The Morgan fingerprint density at radius 3 is 2.03 bits per heavy atom. The number of aromatic nitrogens is 2. The molecule has 0 saturated carbocycles. The van der Waals surface area contributed by atoms with E-state index in [0.717, 1.165) is 11.1 Å². The monoisotopic (exact) mass is 453 g/mol. The number of nitrogens with zero attached hydrogens (tertiary/aromatic N) is 2. The number of amides is 2. The van der Waals surface area contributed by atoms with Crippen LogP contribution in [-0.4, -0.2) is 28.2 Å². The number of carbonyl (C=O) groups excluding carboxylic acids is 2. The van der Waals surface area contributed by atoms with Gasteiger partial charge >= 0.3 is 6.09 Å². The molecule has 5 rings (SSSR count). The van der Waals surface area contributed by atoms with Crippen LogP contribution >= 0.6 is 0 Å². The Morgan fingerprint density at radius 1 is 0.912 bits per heavy atom. The lowest BCUT2D eigenvalue weighted by Gasteiger charge is -2.14. The molecule has 1 aliphatic carbocycles. The van der Waals surface area contributed by atoms with Crippen LogP contribution in [0.25, 0.3) is 11.1 Å². The summed E-state index contributed by atoms with van der Waals surface area (Å²) in [5.41, 5.74) is 11.4. The molecule has 4 aromatic rings. The number of rotatable bonds is 5. The van der Waals surface area contributed by atoms with Gasteiger partial charge in [0, 0.05) is 30.5 Å². The molecular formula is C26H23N5O3. The van der Waals surface area contributed by atoms with Gasteiger partial charge in [-0.05, 0) is 46.5 Å². The van der Waals surface area contributed by atoms with Gasteiger partial charge < -0.3 is 20.4 Å². The van der Waals surface area contributed by atoms with E-state index >= 15 is 0 Å². The highest BCUT2D eigenvalue weighted by Crippen LogP contribution is 2.44. The fourth-order valence-electron chi connectivity index (χ4n) is 4.28. The highest BCUT2D eigenvalue weighted by Gasteiger charge is 2.29. The smallest absolute Gasteiger partial charge is 0.411 e. The Labute approximate surface area is 196 Å². The van der Waals surface area contributed by atoms with E-state index in [0.29, 0.717) is 11.4 Å². The Hall–Kier alpha value is -4.59. The summed E-state index contributed by atoms with van der Waals surface area (Å²) in [7, 11) is 1.69. The standard InChI is InChI=1S/C26H23N5O3/c1-31-14-23(27)30-24(31)25(32)28-16-10-12-17(13-11-16)29-26(33)34-15-22-20-8-4-2-6-18(20)19-7-3-5-9-21(19)22/h2-14,22H,15,27H2,1H3,(H,28,32)(H,29,33). The normalized spacial score (nSPS) is 12.0. The fourth-order valence-corrected chi connectivity index (χ4v) is 4.28. The lowest BCUT2D eigenvalue weighted by atomic mass is 9.98. The molecule has 1 aromatic heterocycles. The summed E-state index contributed by atoms with van der Waals surface area (Å²) in [6.45, 7) is 0.237. The first kappa shape index (κ1) is 21.3. The Balaban J connectivity index is 1.20. The third-order valence-corrected chi connectivity index (χ3v) is 5.83. The van der Waals surface area contributed by atoms with E-state index in [2.05, 4.69) is 39.9 Å². The van der Waals surface area contributed by atoms with Gasteiger partial charge in [0.2, 0.25) is 5.82 Å². The predicted molar refractivity (Wildman–Crippen MR) is 131 cm³/mol. The molecular weight excluding hydrogens is 430 g/mol. The first-order valence-electron chi connectivity index (χ1n) is 10.8. The van der Waals surface area contributed by atoms with Crippen LogP contribution in [0.2, 0.25) is 0 Å². The van der Waals surface area contributed by atoms with Crippen LogP contribution in [0.5, 0.6) is 0 Å². The van der Waals surface area contributed by atoms with Crippen molar-refractivity contribution in [1.82, 2.24) is 9.55 Å². The zero-order valence-corrected chi connectivity index (χ0v) is 18.5. The van der Waals surface area contributed by atoms with Crippen molar-refractivity contribution in [2.24, 2.45) is 7.05 Å². The summed E-state index contributed by atoms with van der Waals surface area (Å²) < 4.78 is 7.12. The molecule has 34 heavy (non-hydrogen) atoms. The summed E-state index contributed by atoms with van der Waals surface area (Å²) >= 11 is 0. The molecule has 0 saturated heterocycles. The lowest BCUT2D eigenvalue weighted by molar-refractivity contribution is 0.101. The van der Waals surface area contributed by atoms with Crippen LogP contribution in [0, 0.1) is 0 Å². The fraction of sp³-hybridized carbons (Fsp3) is 0.115. The number of fused-ring (bicyclic) bond motifs is 3. The van der Waals surface area contributed by atoms with Crippen molar-refractivity contribution in [2.45, 2.75) is 5.92 Å². The van der Waals surface area contributed by atoms with E-state index in [1.807, 2.05) is 24.3 Å². The van der Waals surface area contributed by atoms with Gasteiger partial charge in [0.25, 0.3) is 5.91 Å². The molecule has 4 N–H and O–H groups in total. The molecule has 3 aromatic carbocycles. The molecule has 1 heterocycles. The minimum atomic E-state index is -0.540. The van der Waals surface area contributed by atoms with E-state index in [9.17, 15) is 9.59 Å². The van der Waals surface area contributed by atoms with Crippen molar-refractivity contribution in [3.8, 4) is 11.1 Å². The summed E-state index contributed by atoms with van der Waals surface area (Å²) in [4.78, 5) is 28.8. The average molecular weight is 454 g/mol. The molecule has 170 valence electrons. The number of hydrogen-bond acceptors (Lipinski definition) is 5. The number of benzene rings is 3. The molecule has 0 radical (unpaired) electrons. The molecule has 8 nitrogen and oxygen atoms in total. The average Bonchev–Trinajstić information content (AvgIpc) is 3.35. The number of nitrogen functional groups attached to an aromatic ring is 1. The summed E-state index contributed by atoms with van der Waals surface area (Å²) in [5.74, 6) is 0.0981. The minimum absolute atomic E-state index is 0.00380. The van der Waals surface area contributed by atoms with E-state index in [-0.39, 0.29) is 30.1 Å². The molecule has 8 heteroatoms. The van der Waals surface area contributed by atoms with Gasteiger partial charge in [-0.1, -0.05) is 48.5 Å². The van der Waals surface area contributed by atoms with Crippen LogP contribution in [-0.2, 0) is 11.8 Å². The Bertz CT molecular complexity index is 1330. The van der Waals surface area contributed by atoms with E-state index in [1.165, 1.54) is 11.1 Å². The molecule has 0 unspecified atom stereocenters. The van der Waals surface area contributed by atoms with E-state index in [1.54, 1.807) is 42.1 Å². The van der Waals surface area contributed by atoms with Gasteiger partial charge in [0.1, 0.15) is 12.4 Å². The van der Waals surface area contributed by atoms with Crippen molar-refractivity contribution < 1.29 is 14.3 Å². The Morgan fingerprint density at radius 2 is 1.47 bits per heavy atom. The topological polar surface area (TPSA) is 111 Å². The van der Waals surface area contributed by atoms with E-state index < -0.39 is 6.09 Å². The summed E-state index contributed by atoms with van der Waals surface area (Å²) in [6.07, 6.45) is 1.03. The lowest BCUT2D eigenvalue weighted by Crippen LogP contribution is -2.18. The summed E-state index contributed by atoms with van der Waals surface area (Å²) in [6, 6.07) is 23.1. The van der Waals surface area contributed by atoms with Crippen LogP contribution in [0.3, 0.4) is 0 Å². The highest BCUT2D eigenvalue weighted by atomic mass is 16.5. The number of nitrogens with two attached hydrogens (primary N) is 1. The van der Waals surface area contributed by atoms with Crippen LogP contribution in [0.4, 0.5) is 22.0 Å². The third kappa shape index (κ3) is 4.09. The van der Waals surface area contributed by atoms with Crippen molar-refractivity contribution >= 4 is 29.2 Å². The highest BCUT2D eigenvalue weighted by molar-refractivity contribution is 6.02. The molecule has 0 aliphatic heterocycles. The number of aryl methyl sites for hydroxylation is 1. The van der Waals surface area contributed by atoms with Crippen molar-refractivity contribution in [3.05, 3.63) is 95.9 Å². The molecule has 0 bridgehead atoms. The molecule has 2 amide bonds. The van der Waals surface area contributed by atoms with Gasteiger partial charge in [0.15, 0.2) is 0 Å². The van der Waals surface area contributed by atoms with Crippen molar-refractivity contribution in [3.63, 3.8) is 0 Å². The first-order valence-corrected chi connectivity index (χ1v) is 10.8. The van der Waals surface area contributed by atoms with Gasteiger partial charge in [-0.3, -0.25) is 10.1 Å². The first-order chi connectivity index (χ1) is 16.5. The molecule has 0 fully saturated rings. The molecule has 0 atom stereocenters. The molecule has 0 spiro atoms. The number of nitrogens with one attached hydrogen (secondary N) is 2. The second-order valence-electron chi connectivity index (χ2n) is 8.08. The van der Waals surface area contributed by atoms with Gasteiger partial charge in [-0.15, -0.1) is 0 Å². The quantitative estimate of drug-likeness (QED) is 0.408. The van der Waals surface area contributed by atoms with Gasteiger partial charge in [-0.25, -0.2) is 9.78 Å². The van der Waals surface area contributed by atoms with Gasteiger partial charge in [0.05, 0.1) is 0 Å². The second-order valence-corrected chi connectivity index (χ2v) is 8.08. The maximum atomic E-state index is 12.5. The molecule has 1 aliphatic rings. The van der Waals surface area contributed by atoms with Crippen LogP contribution in [0.1, 0.15) is 27.7 Å². The van der Waals surface area contributed by atoms with Gasteiger partial charge in [-0.2, -0.15) is 0 Å². The van der Waals surface area contributed by atoms with E-state index in [4.69, 9.17) is 10.5 Å². The number of imidazole rings is 1. The number of carbonyl (C=O) groups is 2. The minimum Gasteiger partial charge on any atom is -0.448 e. The Kier molecular flexibility index (Phi) is 5.47. The second kappa shape index (κ2) is 8.74.